The molecule has 0 radical (unpaired) electrons. The van der Waals surface area contributed by atoms with Crippen molar-refractivity contribution in [2.45, 2.75) is 38.6 Å². The summed E-state index contributed by atoms with van der Waals surface area (Å²) in [5.74, 6) is 0. The summed E-state index contributed by atoms with van der Waals surface area (Å²) in [5.41, 5.74) is 1.38. The molecule has 0 bridgehead atoms. The number of hydrogen-bond donors (Lipinski definition) is 1. The predicted molar refractivity (Wildman–Crippen MR) is 90.1 cm³/mol. The van der Waals surface area contributed by atoms with E-state index in [-0.39, 0.29) is 24.8 Å². The molecule has 1 fully saturated rings. The third-order valence-corrected chi connectivity index (χ3v) is 3.74. The number of nitrogens with zero attached hydrogens (tertiary/aromatic N) is 2. The second kappa shape index (κ2) is 11.3. The number of rotatable bonds is 6. The highest BCUT2D eigenvalue weighted by Gasteiger charge is 2.21. The lowest BCUT2D eigenvalue weighted by Crippen LogP contribution is -2.45. The molecule has 116 valence electrons. The summed E-state index contributed by atoms with van der Waals surface area (Å²) in [7, 11) is 0. The highest BCUT2D eigenvalue weighted by Crippen LogP contribution is 2.26. The predicted octanol–water partition coefficient (Wildman–Crippen LogP) is 3.45. The molecule has 0 unspecified atom stereocenters. The van der Waals surface area contributed by atoms with Crippen molar-refractivity contribution in [3.8, 4) is 0 Å². The topological polar surface area (TPSA) is 28.2 Å². The Kier molecular flexibility index (Phi) is 11.1. The Morgan fingerprint density at radius 1 is 1.25 bits per heavy atom. The van der Waals surface area contributed by atoms with E-state index in [9.17, 15) is 0 Å². The van der Waals surface area contributed by atoms with E-state index in [0.717, 1.165) is 26.2 Å². The van der Waals surface area contributed by atoms with Gasteiger partial charge in [0.25, 0.3) is 0 Å². The van der Waals surface area contributed by atoms with Crippen molar-refractivity contribution in [1.82, 2.24) is 15.2 Å². The molecule has 0 aromatic carbocycles. The molecular formula is C15H27Cl2N3. The van der Waals surface area contributed by atoms with Gasteiger partial charge in [-0.3, -0.25) is 9.88 Å². The second-order valence-corrected chi connectivity index (χ2v) is 5.08. The first kappa shape index (κ1) is 19.7. The summed E-state index contributed by atoms with van der Waals surface area (Å²) >= 11 is 0. The van der Waals surface area contributed by atoms with E-state index < -0.39 is 0 Å². The molecule has 1 aliphatic rings. The summed E-state index contributed by atoms with van der Waals surface area (Å²) in [4.78, 5) is 6.90. The molecule has 5 heteroatoms. The second-order valence-electron chi connectivity index (χ2n) is 5.08. The fourth-order valence-corrected chi connectivity index (χ4v) is 2.71. The van der Waals surface area contributed by atoms with E-state index in [1.165, 1.54) is 31.2 Å². The number of piperazine rings is 1. The average molecular weight is 320 g/mol. The molecule has 1 saturated heterocycles. The van der Waals surface area contributed by atoms with Crippen LogP contribution in [0.25, 0.3) is 0 Å². The van der Waals surface area contributed by atoms with Crippen LogP contribution >= 0.6 is 24.8 Å². The van der Waals surface area contributed by atoms with Crippen molar-refractivity contribution in [2.24, 2.45) is 0 Å². The normalized spacial score (nSPS) is 16.9. The van der Waals surface area contributed by atoms with Crippen LogP contribution < -0.4 is 5.32 Å². The third-order valence-electron chi connectivity index (χ3n) is 3.74. The van der Waals surface area contributed by atoms with Crippen molar-refractivity contribution in [3.05, 3.63) is 30.1 Å². The Hall–Kier alpha value is -0.350. The van der Waals surface area contributed by atoms with Crippen LogP contribution in [0, 0.1) is 0 Å². The molecule has 0 saturated carbocycles. The lowest BCUT2D eigenvalue weighted by atomic mass is 9.99. The van der Waals surface area contributed by atoms with Crippen molar-refractivity contribution in [3.63, 3.8) is 0 Å². The highest BCUT2D eigenvalue weighted by molar-refractivity contribution is 5.85. The van der Waals surface area contributed by atoms with Gasteiger partial charge in [0.2, 0.25) is 0 Å². The minimum absolute atomic E-state index is 0. The smallest absolute Gasteiger partial charge is 0.0364 e. The molecule has 2 rings (SSSR count). The van der Waals surface area contributed by atoms with Gasteiger partial charge >= 0.3 is 0 Å². The first-order valence-corrected chi connectivity index (χ1v) is 7.26. The lowest BCUT2D eigenvalue weighted by molar-refractivity contribution is 0.162. The number of unbranched alkanes of at least 4 members (excludes halogenated alkanes) is 2. The minimum Gasteiger partial charge on any atom is -0.314 e. The molecule has 1 N–H and O–H groups in total. The first-order valence-electron chi connectivity index (χ1n) is 7.26. The Morgan fingerprint density at radius 3 is 2.60 bits per heavy atom. The van der Waals surface area contributed by atoms with Crippen LogP contribution in [-0.2, 0) is 0 Å². The van der Waals surface area contributed by atoms with Crippen molar-refractivity contribution >= 4 is 24.8 Å². The average Bonchev–Trinajstić information content (AvgIpc) is 2.46. The van der Waals surface area contributed by atoms with E-state index >= 15 is 0 Å². The van der Waals surface area contributed by atoms with E-state index in [1.54, 1.807) is 0 Å². The van der Waals surface area contributed by atoms with Crippen molar-refractivity contribution in [1.29, 1.82) is 0 Å². The fourth-order valence-electron chi connectivity index (χ4n) is 2.71. The van der Waals surface area contributed by atoms with E-state index in [1.807, 2.05) is 12.4 Å². The lowest BCUT2D eigenvalue weighted by Gasteiger charge is -2.35. The van der Waals surface area contributed by atoms with Gasteiger partial charge in [0, 0.05) is 44.6 Å². The van der Waals surface area contributed by atoms with Gasteiger partial charge in [-0.1, -0.05) is 32.3 Å². The van der Waals surface area contributed by atoms with Gasteiger partial charge in [-0.15, -0.1) is 24.8 Å². The molecule has 2 heterocycles. The molecule has 0 spiro atoms. The number of halogens is 2. The molecule has 1 aromatic rings. The Bertz CT molecular complexity index is 329. The van der Waals surface area contributed by atoms with Gasteiger partial charge in [-0.25, -0.2) is 0 Å². The Labute approximate surface area is 135 Å². The van der Waals surface area contributed by atoms with Crippen LogP contribution in [0.2, 0.25) is 0 Å². The van der Waals surface area contributed by atoms with Crippen LogP contribution in [-0.4, -0.2) is 36.1 Å². The largest absolute Gasteiger partial charge is 0.314 e. The van der Waals surface area contributed by atoms with Crippen LogP contribution in [0.4, 0.5) is 0 Å². The molecule has 1 aromatic heterocycles. The van der Waals surface area contributed by atoms with Gasteiger partial charge in [-0.05, 0) is 18.1 Å². The van der Waals surface area contributed by atoms with Gasteiger partial charge in [0.1, 0.15) is 0 Å². The quantitative estimate of drug-likeness (QED) is 0.814. The number of pyridine rings is 1. The molecule has 1 atom stereocenters. The maximum Gasteiger partial charge on any atom is 0.0364 e. The summed E-state index contributed by atoms with van der Waals surface area (Å²) in [6.45, 7) is 6.82. The number of aromatic nitrogens is 1. The Balaban J connectivity index is 0.00000180. The van der Waals surface area contributed by atoms with Gasteiger partial charge in [-0.2, -0.15) is 0 Å². The van der Waals surface area contributed by atoms with E-state index in [2.05, 4.69) is 34.3 Å². The van der Waals surface area contributed by atoms with Crippen LogP contribution in [0.1, 0.15) is 44.2 Å². The van der Waals surface area contributed by atoms with Crippen LogP contribution in [0.3, 0.4) is 0 Å². The number of nitrogens with one attached hydrogen (secondary N) is 1. The molecule has 1 aliphatic heterocycles. The highest BCUT2D eigenvalue weighted by atomic mass is 35.5. The van der Waals surface area contributed by atoms with Gasteiger partial charge in [0.15, 0.2) is 0 Å². The summed E-state index contributed by atoms with van der Waals surface area (Å²) in [6.07, 6.45) is 9.12. The zero-order valence-electron chi connectivity index (χ0n) is 12.3. The van der Waals surface area contributed by atoms with Gasteiger partial charge < -0.3 is 5.32 Å². The third kappa shape index (κ3) is 5.96. The monoisotopic (exact) mass is 319 g/mol. The zero-order chi connectivity index (χ0) is 12.6. The molecule has 0 amide bonds. The number of hydrogen-bond acceptors (Lipinski definition) is 3. The maximum absolute atomic E-state index is 4.29. The minimum atomic E-state index is 0. The maximum atomic E-state index is 4.29. The first-order chi connectivity index (χ1) is 8.92. The zero-order valence-corrected chi connectivity index (χ0v) is 13.9. The summed E-state index contributed by atoms with van der Waals surface area (Å²) in [5, 5.41) is 3.43. The molecule has 20 heavy (non-hydrogen) atoms. The van der Waals surface area contributed by atoms with Crippen LogP contribution in [0.5, 0.6) is 0 Å². The fraction of sp³-hybridized carbons (Fsp3) is 0.667. The molecule has 3 nitrogen and oxygen atoms in total. The molecular weight excluding hydrogens is 293 g/mol. The molecule has 0 aliphatic carbocycles. The summed E-state index contributed by atoms with van der Waals surface area (Å²) in [6, 6.07) is 4.85. The summed E-state index contributed by atoms with van der Waals surface area (Å²) < 4.78 is 0. The Morgan fingerprint density at radius 2 is 2.00 bits per heavy atom. The standard InChI is InChI=1S/C15H25N3.2ClH/c1-2-3-4-7-15(14-6-5-8-17-13-14)18-11-9-16-10-12-18;;/h5-6,8,13,15-16H,2-4,7,9-12H2,1H3;2*1H/t15-;;/m1../s1. The van der Waals surface area contributed by atoms with Crippen LogP contribution in [0.15, 0.2) is 24.5 Å². The van der Waals surface area contributed by atoms with E-state index in [4.69, 9.17) is 0 Å². The van der Waals surface area contributed by atoms with Gasteiger partial charge in [0.05, 0.1) is 0 Å². The van der Waals surface area contributed by atoms with E-state index in [0.29, 0.717) is 6.04 Å². The SMILES string of the molecule is CCCCC[C@H](c1cccnc1)N1CCNCC1.Cl.Cl. The van der Waals surface area contributed by atoms with Crippen molar-refractivity contribution < 1.29 is 0 Å². The van der Waals surface area contributed by atoms with Crippen molar-refractivity contribution in [2.75, 3.05) is 26.2 Å².